The van der Waals surface area contributed by atoms with Crippen LogP contribution in [0, 0.1) is 0 Å². The molecule has 0 aliphatic carbocycles. The highest BCUT2D eigenvalue weighted by atomic mass is 35.5. The topological polar surface area (TPSA) is 32.3 Å². The Bertz CT molecular complexity index is 433. The molecule has 3 nitrogen and oxygen atoms in total. The summed E-state index contributed by atoms with van der Waals surface area (Å²) >= 11 is 12.0. The SMILES string of the molecule is CCN(CC)C(=O)CNC(C)c1ccc(Cl)cc1Cl. The van der Waals surface area contributed by atoms with Gasteiger partial charge in [-0.25, -0.2) is 0 Å². The summed E-state index contributed by atoms with van der Waals surface area (Å²) in [6, 6.07) is 5.39. The van der Waals surface area contributed by atoms with E-state index in [1.807, 2.05) is 26.8 Å². The van der Waals surface area contributed by atoms with Gasteiger partial charge in [0.2, 0.25) is 5.91 Å². The Hall–Kier alpha value is -0.770. The van der Waals surface area contributed by atoms with E-state index in [4.69, 9.17) is 23.2 Å². The highest BCUT2D eigenvalue weighted by Crippen LogP contribution is 2.25. The zero-order chi connectivity index (χ0) is 14.4. The molecule has 0 spiro atoms. The van der Waals surface area contributed by atoms with Gasteiger partial charge in [-0.1, -0.05) is 29.3 Å². The van der Waals surface area contributed by atoms with E-state index >= 15 is 0 Å². The third-order valence-electron chi connectivity index (χ3n) is 3.10. The lowest BCUT2D eigenvalue weighted by atomic mass is 10.1. The van der Waals surface area contributed by atoms with Crippen LogP contribution in [0.3, 0.4) is 0 Å². The Morgan fingerprint density at radius 1 is 1.32 bits per heavy atom. The molecule has 0 aliphatic rings. The highest BCUT2D eigenvalue weighted by molar-refractivity contribution is 6.35. The highest BCUT2D eigenvalue weighted by Gasteiger charge is 2.13. The number of rotatable bonds is 6. The van der Waals surface area contributed by atoms with Gasteiger partial charge in [-0.15, -0.1) is 0 Å². The van der Waals surface area contributed by atoms with Crippen LogP contribution in [-0.4, -0.2) is 30.4 Å². The summed E-state index contributed by atoms with van der Waals surface area (Å²) in [6.07, 6.45) is 0. The summed E-state index contributed by atoms with van der Waals surface area (Å²) in [4.78, 5) is 13.7. The van der Waals surface area contributed by atoms with Gasteiger partial charge in [-0.3, -0.25) is 4.79 Å². The van der Waals surface area contributed by atoms with Crippen LogP contribution >= 0.6 is 23.2 Å². The van der Waals surface area contributed by atoms with Gasteiger partial charge >= 0.3 is 0 Å². The number of amides is 1. The van der Waals surface area contributed by atoms with Crippen LogP contribution in [-0.2, 0) is 4.79 Å². The Morgan fingerprint density at radius 3 is 2.47 bits per heavy atom. The van der Waals surface area contributed by atoms with Gasteiger partial charge in [0.05, 0.1) is 6.54 Å². The molecule has 19 heavy (non-hydrogen) atoms. The first-order chi connectivity index (χ1) is 8.99. The van der Waals surface area contributed by atoms with E-state index < -0.39 is 0 Å². The Balaban J connectivity index is 2.60. The number of hydrogen-bond donors (Lipinski definition) is 1. The molecule has 0 saturated heterocycles. The first kappa shape index (κ1) is 16.3. The number of halogens is 2. The molecule has 0 radical (unpaired) electrons. The van der Waals surface area contributed by atoms with Crippen molar-refractivity contribution in [1.29, 1.82) is 0 Å². The van der Waals surface area contributed by atoms with Crippen molar-refractivity contribution in [3.8, 4) is 0 Å². The number of nitrogens with zero attached hydrogens (tertiary/aromatic N) is 1. The second-order valence-electron chi connectivity index (χ2n) is 4.33. The average Bonchev–Trinajstić information content (AvgIpc) is 2.37. The lowest BCUT2D eigenvalue weighted by Gasteiger charge is -2.21. The molecule has 106 valence electrons. The monoisotopic (exact) mass is 302 g/mol. The van der Waals surface area contributed by atoms with Gasteiger partial charge in [-0.2, -0.15) is 0 Å². The third-order valence-corrected chi connectivity index (χ3v) is 3.67. The van der Waals surface area contributed by atoms with E-state index in [1.165, 1.54) is 0 Å². The molecule has 1 N–H and O–H groups in total. The smallest absolute Gasteiger partial charge is 0.236 e. The maximum absolute atomic E-state index is 11.9. The molecule has 1 rings (SSSR count). The normalized spacial score (nSPS) is 12.3. The maximum atomic E-state index is 11.9. The van der Waals surface area contributed by atoms with Crippen molar-refractivity contribution >= 4 is 29.1 Å². The summed E-state index contributed by atoms with van der Waals surface area (Å²) < 4.78 is 0. The molecule has 0 saturated carbocycles. The van der Waals surface area contributed by atoms with E-state index in [-0.39, 0.29) is 11.9 Å². The van der Waals surface area contributed by atoms with Crippen LogP contribution in [0.1, 0.15) is 32.4 Å². The first-order valence-corrected chi connectivity index (χ1v) is 7.21. The molecule has 1 unspecified atom stereocenters. The number of nitrogens with one attached hydrogen (secondary N) is 1. The molecule has 0 fully saturated rings. The second-order valence-corrected chi connectivity index (χ2v) is 5.18. The lowest BCUT2D eigenvalue weighted by Crippen LogP contribution is -2.38. The molecule has 1 aromatic rings. The fourth-order valence-electron chi connectivity index (χ4n) is 1.89. The van der Waals surface area contributed by atoms with Gasteiger partial charge in [0.25, 0.3) is 0 Å². The molecule has 0 aliphatic heterocycles. The molecule has 0 bridgehead atoms. The predicted octanol–water partition coefficient (Wildman–Crippen LogP) is 3.51. The standard InChI is InChI=1S/C14H20Cl2N2O/c1-4-18(5-2)14(19)9-17-10(3)12-7-6-11(15)8-13(12)16/h6-8,10,17H,4-5,9H2,1-3H3. The number of benzene rings is 1. The predicted molar refractivity (Wildman–Crippen MR) is 80.8 cm³/mol. The van der Waals surface area contributed by atoms with Crippen molar-refractivity contribution in [3.63, 3.8) is 0 Å². The Kier molecular flexibility index (Phi) is 6.63. The van der Waals surface area contributed by atoms with Crippen LogP contribution in [0.5, 0.6) is 0 Å². The van der Waals surface area contributed by atoms with Crippen molar-refractivity contribution in [1.82, 2.24) is 10.2 Å². The summed E-state index contributed by atoms with van der Waals surface area (Å²) in [5.41, 5.74) is 0.943. The fraction of sp³-hybridized carbons (Fsp3) is 0.500. The molecule has 1 aromatic carbocycles. The fourth-order valence-corrected chi connectivity index (χ4v) is 2.46. The van der Waals surface area contributed by atoms with Gasteiger partial charge in [0.15, 0.2) is 0 Å². The van der Waals surface area contributed by atoms with E-state index in [0.717, 1.165) is 18.7 Å². The lowest BCUT2D eigenvalue weighted by molar-refractivity contribution is -0.129. The molecule has 0 heterocycles. The average molecular weight is 303 g/mol. The summed E-state index contributed by atoms with van der Waals surface area (Å²) in [6.45, 7) is 7.69. The Morgan fingerprint density at radius 2 is 1.95 bits per heavy atom. The van der Waals surface area contributed by atoms with Gasteiger partial charge in [-0.05, 0) is 38.5 Å². The third kappa shape index (κ3) is 4.68. The Labute approximate surface area is 124 Å². The van der Waals surface area contributed by atoms with E-state index in [1.54, 1.807) is 17.0 Å². The minimum Gasteiger partial charge on any atom is -0.342 e. The molecule has 1 amide bonds. The first-order valence-electron chi connectivity index (χ1n) is 6.45. The van der Waals surface area contributed by atoms with Gasteiger partial charge in [0.1, 0.15) is 0 Å². The number of hydrogen-bond acceptors (Lipinski definition) is 2. The van der Waals surface area contributed by atoms with E-state index in [9.17, 15) is 4.79 Å². The summed E-state index contributed by atoms with van der Waals surface area (Å²) in [5, 5.41) is 4.41. The largest absolute Gasteiger partial charge is 0.342 e. The van der Waals surface area contributed by atoms with Crippen LogP contribution in [0.4, 0.5) is 0 Å². The number of carbonyl (C=O) groups excluding carboxylic acids is 1. The van der Waals surface area contributed by atoms with Crippen LogP contribution in [0.15, 0.2) is 18.2 Å². The zero-order valence-corrected chi connectivity index (χ0v) is 13.1. The van der Waals surface area contributed by atoms with E-state index in [0.29, 0.717) is 16.6 Å². The summed E-state index contributed by atoms with van der Waals surface area (Å²) in [5.74, 6) is 0.0990. The quantitative estimate of drug-likeness (QED) is 0.872. The van der Waals surface area contributed by atoms with E-state index in [2.05, 4.69) is 5.32 Å². The second kappa shape index (κ2) is 7.73. The van der Waals surface area contributed by atoms with Crippen molar-refractivity contribution in [2.75, 3.05) is 19.6 Å². The van der Waals surface area contributed by atoms with Crippen molar-refractivity contribution in [2.24, 2.45) is 0 Å². The summed E-state index contributed by atoms with van der Waals surface area (Å²) in [7, 11) is 0. The number of carbonyl (C=O) groups is 1. The molecular formula is C14H20Cl2N2O. The minimum atomic E-state index is 0.00396. The zero-order valence-electron chi connectivity index (χ0n) is 11.5. The molecule has 5 heteroatoms. The minimum absolute atomic E-state index is 0.00396. The van der Waals surface area contributed by atoms with Gasteiger partial charge < -0.3 is 10.2 Å². The van der Waals surface area contributed by atoms with Crippen molar-refractivity contribution < 1.29 is 4.79 Å². The van der Waals surface area contributed by atoms with Crippen molar-refractivity contribution in [2.45, 2.75) is 26.8 Å². The maximum Gasteiger partial charge on any atom is 0.236 e. The van der Waals surface area contributed by atoms with Crippen LogP contribution in [0.25, 0.3) is 0 Å². The molecule has 1 atom stereocenters. The van der Waals surface area contributed by atoms with Crippen molar-refractivity contribution in [3.05, 3.63) is 33.8 Å². The number of likely N-dealkylation sites (N-methyl/N-ethyl adjacent to an activating group) is 1. The molecular weight excluding hydrogens is 283 g/mol. The molecule has 0 aromatic heterocycles. The van der Waals surface area contributed by atoms with Crippen LogP contribution < -0.4 is 5.32 Å². The van der Waals surface area contributed by atoms with Crippen LogP contribution in [0.2, 0.25) is 10.0 Å². The van der Waals surface area contributed by atoms with Gasteiger partial charge in [0, 0.05) is 29.2 Å².